The summed E-state index contributed by atoms with van der Waals surface area (Å²) in [6.07, 6.45) is 4.55. The van der Waals surface area contributed by atoms with Gasteiger partial charge in [-0.05, 0) is 30.2 Å². The van der Waals surface area contributed by atoms with Gasteiger partial charge in [0.05, 0.1) is 11.6 Å². The minimum absolute atomic E-state index is 0.0482. The minimum Gasteiger partial charge on any atom is -0.462 e. The van der Waals surface area contributed by atoms with Crippen molar-refractivity contribution in [2.24, 2.45) is 4.99 Å². The van der Waals surface area contributed by atoms with Crippen LogP contribution in [-0.2, 0) is 0 Å². The Hall–Kier alpha value is -2.38. The molecule has 0 bridgehead atoms. The van der Waals surface area contributed by atoms with Crippen LogP contribution in [0.1, 0.15) is 12.8 Å². The zero-order valence-electron chi connectivity index (χ0n) is 12.2. The highest BCUT2D eigenvalue weighted by atomic mass is 35.5. The summed E-state index contributed by atoms with van der Waals surface area (Å²) in [6, 6.07) is 11.4. The third-order valence-electron chi connectivity index (χ3n) is 3.72. The van der Waals surface area contributed by atoms with Gasteiger partial charge in [-0.1, -0.05) is 35.9 Å². The quantitative estimate of drug-likeness (QED) is 0.606. The molecule has 3 rings (SSSR count). The zero-order chi connectivity index (χ0) is 16.2. The summed E-state index contributed by atoms with van der Waals surface area (Å²) in [5.41, 5.74) is 0.653. The molecule has 0 amide bonds. The van der Waals surface area contributed by atoms with E-state index in [2.05, 4.69) is 4.99 Å². The standard InChI is InChI=1S/C18H14ClFN2O/c19-18-17(15(10-21)16(20)11-22-18)12-6-8-14(9-7-12)23-13-4-2-1-3-5-13/h1-6,8,11,16,18H,7,9H2. The van der Waals surface area contributed by atoms with Crippen molar-refractivity contribution in [1.29, 1.82) is 5.26 Å². The molecule has 1 aliphatic heterocycles. The molecule has 1 aromatic carbocycles. The molecule has 0 radical (unpaired) electrons. The van der Waals surface area contributed by atoms with E-state index in [-0.39, 0.29) is 5.57 Å². The Morgan fingerprint density at radius 1 is 1.22 bits per heavy atom. The third kappa shape index (κ3) is 3.35. The van der Waals surface area contributed by atoms with Crippen LogP contribution in [0.25, 0.3) is 0 Å². The maximum absolute atomic E-state index is 13.8. The molecule has 0 aromatic heterocycles. The lowest BCUT2D eigenvalue weighted by atomic mass is 9.90. The normalized spacial score (nSPS) is 23.9. The number of dihydropyridines is 1. The van der Waals surface area contributed by atoms with Crippen molar-refractivity contribution in [2.45, 2.75) is 24.5 Å². The highest BCUT2D eigenvalue weighted by Crippen LogP contribution is 2.34. The number of allylic oxidation sites excluding steroid dienone is 4. The largest absolute Gasteiger partial charge is 0.462 e. The lowest BCUT2D eigenvalue weighted by Gasteiger charge is -2.23. The molecular formula is C18H14ClFN2O. The predicted octanol–water partition coefficient (Wildman–Crippen LogP) is 4.48. The van der Waals surface area contributed by atoms with Crippen LogP contribution in [0.5, 0.6) is 5.75 Å². The van der Waals surface area contributed by atoms with Gasteiger partial charge in [-0.15, -0.1) is 0 Å². The number of nitriles is 1. The second-order valence-electron chi connectivity index (χ2n) is 5.21. The van der Waals surface area contributed by atoms with Gasteiger partial charge < -0.3 is 4.74 Å². The predicted molar refractivity (Wildman–Crippen MR) is 88.1 cm³/mol. The van der Waals surface area contributed by atoms with Gasteiger partial charge in [0, 0.05) is 18.2 Å². The highest BCUT2D eigenvalue weighted by Gasteiger charge is 2.28. The summed E-state index contributed by atoms with van der Waals surface area (Å²) < 4.78 is 19.6. The van der Waals surface area contributed by atoms with Crippen LogP contribution in [0.3, 0.4) is 0 Å². The molecule has 0 spiro atoms. The molecule has 0 saturated carbocycles. The maximum Gasteiger partial charge on any atom is 0.170 e. The monoisotopic (exact) mass is 328 g/mol. The van der Waals surface area contributed by atoms with Crippen LogP contribution in [-0.4, -0.2) is 17.9 Å². The molecule has 3 nitrogen and oxygen atoms in total. The fourth-order valence-electron chi connectivity index (χ4n) is 2.59. The third-order valence-corrected chi connectivity index (χ3v) is 4.05. The van der Waals surface area contributed by atoms with E-state index in [1.165, 1.54) is 0 Å². The number of para-hydroxylation sites is 1. The van der Waals surface area contributed by atoms with Crippen LogP contribution in [0.2, 0.25) is 0 Å². The Balaban J connectivity index is 1.84. The van der Waals surface area contributed by atoms with Gasteiger partial charge in [0.25, 0.3) is 0 Å². The summed E-state index contributed by atoms with van der Waals surface area (Å²) >= 11 is 6.15. The number of hydrogen-bond acceptors (Lipinski definition) is 3. The lowest BCUT2D eigenvalue weighted by molar-refractivity contribution is 0.401. The Labute approximate surface area is 139 Å². The van der Waals surface area contributed by atoms with E-state index in [1.807, 2.05) is 48.6 Å². The Morgan fingerprint density at radius 2 is 2.00 bits per heavy atom. The van der Waals surface area contributed by atoms with Crippen LogP contribution in [0, 0.1) is 11.3 Å². The van der Waals surface area contributed by atoms with Crippen molar-refractivity contribution in [1.82, 2.24) is 0 Å². The van der Waals surface area contributed by atoms with Gasteiger partial charge in [-0.3, -0.25) is 4.99 Å². The van der Waals surface area contributed by atoms with Crippen molar-refractivity contribution in [3.63, 3.8) is 0 Å². The molecule has 1 aromatic rings. The van der Waals surface area contributed by atoms with E-state index in [9.17, 15) is 9.65 Å². The van der Waals surface area contributed by atoms with E-state index < -0.39 is 11.7 Å². The van der Waals surface area contributed by atoms with Crippen molar-refractivity contribution >= 4 is 17.8 Å². The first-order chi connectivity index (χ1) is 11.2. The van der Waals surface area contributed by atoms with E-state index in [4.69, 9.17) is 16.3 Å². The molecule has 2 unspecified atom stereocenters. The Kier molecular flexibility index (Phi) is 4.59. The summed E-state index contributed by atoms with van der Waals surface area (Å²) in [4.78, 5) is 3.92. The Bertz CT molecular complexity index is 759. The average molecular weight is 329 g/mol. The smallest absolute Gasteiger partial charge is 0.170 e. The van der Waals surface area contributed by atoms with Crippen molar-refractivity contribution < 1.29 is 9.13 Å². The van der Waals surface area contributed by atoms with Crippen molar-refractivity contribution in [3.05, 3.63) is 65.0 Å². The van der Waals surface area contributed by atoms with Gasteiger partial charge >= 0.3 is 0 Å². The van der Waals surface area contributed by atoms with Crippen LogP contribution >= 0.6 is 11.6 Å². The number of aliphatic imine (C=N–C) groups is 1. The molecular weight excluding hydrogens is 315 g/mol. The SMILES string of the molecule is N#CC1=C(C2=CC=C(Oc3ccccc3)CC2)C(Cl)N=CC1F. The number of rotatable bonds is 3. The second kappa shape index (κ2) is 6.80. The van der Waals surface area contributed by atoms with E-state index in [1.54, 1.807) is 0 Å². The molecule has 0 saturated heterocycles. The first-order valence-corrected chi connectivity index (χ1v) is 7.71. The maximum atomic E-state index is 13.8. The van der Waals surface area contributed by atoms with Gasteiger partial charge in [-0.25, -0.2) is 4.39 Å². The fraction of sp³-hybridized carbons (Fsp3) is 0.222. The lowest BCUT2D eigenvalue weighted by Crippen LogP contribution is -2.21. The number of halogens is 2. The summed E-state index contributed by atoms with van der Waals surface area (Å²) in [7, 11) is 0. The van der Waals surface area contributed by atoms with Gasteiger partial charge in [0.2, 0.25) is 0 Å². The molecule has 116 valence electrons. The number of ether oxygens (including phenoxy) is 1. The average Bonchev–Trinajstić information content (AvgIpc) is 2.58. The topological polar surface area (TPSA) is 45.4 Å². The first-order valence-electron chi connectivity index (χ1n) is 7.27. The Morgan fingerprint density at radius 3 is 2.65 bits per heavy atom. The van der Waals surface area contributed by atoms with E-state index in [0.717, 1.165) is 23.3 Å². The van der Waals surface area contributed by atoms with Gasteiger partial charge in [-0.2, -0.15) is 5.26 Å². The molecule has 0 fully saturated rings. The molecule has 5 heteroatoms. The molecule has 2 aliphatic rings. The number of hydrogen-bond donors (Lipinski definition) is 0. The highest BCUT2D eigenvalue weighted by molar-refractivity contribution is 6.23. The number of benzene rings is 1. The van der Waals surface area contributed by atoms with Crippen LogP contribution in [0.15, 0.2) is 70.0 Å². The second-order valence-corrected chi connectivity index (χ2v) is 5.63. The fourth-order valence-corrected chi connectivity index (χ4v) is 2.92. The molecule has 2 atom stereocenters. The number of alkyl halides is 2. The van der Waals surface area contributed by atoms with Crippen molar-refractivity contribution in [3.8, 4) is 11.8 Å². The van der Waals surface area contributed by atoms with Crippen LogP contribution < -0.4 is 4.74 Å². The van der Waals surface area contributed by atoms with E-state index >= 15 is 0 Å². The van der Waals surface area contributed by atoms with Crippen molar-refractivity contribution in [2.75, 3.05) is 0 Å². The molecule has 1 heterocycles. The summed E-state index contributed by atoms with van der Waals surface area (Å²) in [5.74, 6) is 1.59. The van der Waals surface area contributed by atoms with Gasteiger partial charge in [0.1, 0.15) is 17.0 Å². The number of nitrogens with zero attached hydrogens (tertiary/aromatic N) is 2. The zero-order valence-corrected chi connectivity index (χ0v) is 13.0. The van der Waals surface area contributed by atoms with Gasteiger partial charge in [0.15, 0.2) is 6.17 Å². The molecule has 0 N–H and O–H groups in total. The van der Waals surface area contributed by atoms with Crippen LogP contribution in [0.4, 0.5) is 4.39 Å². The summed E-state index contributed by atoms with van der Waals surface area (Å²) in [5, 5.41) is 9.19. The molecule has 23 heavy (non-hydrogen) atoms. The van der Waals surface area contributed by atoms with E-state index in [0.29, 0.717) is 18.4 Å². The molecule has 1 aliphatic carbocycles. The minimum atomic E-state index is -1.49. The first kappa shape index (κ1) is 15.5. The summed E-state index contributed by atoms with van der Waals surface area (Å²) in [6.45, 7) is 0.